The number of nitrogens with one attached hydrogen (secondary N) is 1. The van der Waals surface area contributed by atoms with Gasteiger partial charge in [-0.1, -0.05) is 0 Å². The van der Waals surface area contributed by atoms with E-state index in [2.05, 4.69) is 10.1 Å². The SMILES string of the molecule is CC(C)n1cc2c(C(=O)O)cc(=O)[nH]c2n1. The summed E-state index contributed by atoms with van der Waals surface area (Å²) in [6.45, 7) is 3.84. The standard InChI is InChI=1S/C10H11N3O3/c1-5(2)13-4-7-6(10(15)16)3-8(14)11-9(7)12-13/h3-5H,1-2H3,(H,15,16)(H,11,12,14). The van der Waals surface area contributed by atoms with Crippen LogP contribution in [0.25, 0.3) is 11.0 Å². The molecule has 6 heteroatoms. The largest absolute Gasteiger partial charge is 0.478 e. The van der Waals surface area contributed by atoms with Crippen LogP contribution in [0.2, 0.25) is 0 Å². The molecule has 0 aliphatic rings. The van der Waals surface area contributed by atoms with Crippen LogP contribution in [0.15, 0.2) is 17.1 Å². The molecule has 6 nitrogen and oxygen atoms in total. The fraction of sp³-hybridized carbons (Fsp3) is 0.300. The van der Waals surface area contributed by atoms with E-state index in [1.807, 2.05) is 13.8 Å². The molecule has 0 atom stereocenters. The van der Waals surface area contributed by atoms with Crippen molar-refractivity contribution in [3.05, 3.63) is 28.2 Å². The lowest BCUT2D eigenvalue weighted by Crippen LogP contribution is -2.09. The van der Waals surface area contributed by atoms with Gasteiger partial charge in [-0.25, -0.2) is 4.79 Å². The van der Waals surface area contributed by atoms with Crippen LogP contribution in [-0.2, 0) is 0 Å². The Bertz CT molecular complexity index is 609. The molecule has 2 aromatic rings. The van der Waals surface area contributed by atoms with E-state index in [9.17, 15) is 9.59 Å². The van der Waals surface area contributed by atoms with Crippen molar-refractivity contribution in [1.82, 2.24) is 14.8 Å². The molecule has 0 fully saturated rings. The van der Waals surface area contributed by atoms with Crippen molar-refractivity contribution in [2.75, 3.05) is 0 Å². The van der Waals surface area contributed by atoms with Crippen molar-refractivity contribution in [3.63, 3.8) is 0 Å². The average molecular weight is 221 g/mol. The molecule has 84 valence electrons. The van der Waals surface area contributed by atoms with Crippen LogP contribution in [0.1, 0.15) is 30.2 Å². The maximum atomic E-state index is 11.2. The summed E-state index contributed by atoms with van der Waals surface area (Å²) in [5.41, 5.74) is -0.178. The van der Waals surface area contributed by atoms with E-state index in [1.54, 1.807) is 10.9 Å². The van der Waals surface area contributed by atoms with Gasteiger partial charge in [0, 0.05) is 18.3 Å². The molecule has 0 unspecified atom stereocenters. The van der Waals surface area contributed by atoms with Crippen molar-refractivity contribution in [2.24, 2.45) is 0 Å². The Labute approximate surface area is 90.5 Å². The van der Waals surface area contributed by atoms with Crippen molar-refractivity contribution in [3.8, 4) is 0 Å². The number of aromatic amines is 1. The van der Waals surface area contributed by atoms with Gasteiger partial charge in [0.25, 0.3) is 0 Å². The molecule has 0 amide bonds. The third kappa shape index (κ3) is 1.58. The molecule has 2 aromatic heterocycles. The monoisotopic (exact) mass is 221 g/mol. The van der Waals surface area contributed by atoms with Gasteiger partial charge in [-0.05, 0) is 13.8 Å². The second kappa shape index (κ2) is 3.48. The molecule has 16 heavy (non-hydrogen) atoms. The first-order chi connectivity index (χ1) is 7.49. The molecule has 2 heterocycles. The third-order valence-electron chi connectivity index (χ3n) is 2.30. The number of carboxylic acid groups (broad SMARTS) is 1. The maximum absolute atomic E-state index is 11.2. The van der Waals surface area contributed by atoms with E-state index >= 15 is 0 Å². The lowest BCUT2D eigenvalue weighted by molar-refractivity contribution is 0.0699. The number of aromatic carboxylic acids is 1. The second-order valence-corrected chi connectivity index (χ2v) is 3.82. The highest BCUT2D eigenvalue weighted by molar-refractivity contribution is 6.01. The smallest absolute Gasteiger partial charge is 0.336 e. The normalized spacial score (nSPS) is 11.2. The van der Waals surface area contributed by atoms with Crippen LogP contribution < -0.4 is 5.56 Å². The molecule has 2 rings (SSSR count). The van der Waals surface area contributed by atoms with Crippen molar-refractivity contribution in [1.29, 1.82) is 0 Å². The molecule has 0 radical (unpaired) electrons. The third-order valence-corrected chi connectivity index (χ3v) is 2.30. The first-order valence-electron chi connectivity index (χ1n) is 4.84. The van der Waals surface area contributed by atoms with Gasteiger partial charge in [0.05, 0.1) is 10.9 Å². The van der Waals surface area contributed by atoms with Crippen LogP contribution in [0.4, 0.5) is 0 Å². The quantitative estimate of drug-likeness (QED) is 0.791. The average Bonchev–Trinajstić information content (AvgIpc) is 2.59. The second-order valence-electron chi connectivity index (χ2n) is 3.82. The zero-order valence-electron chi connectivity index (χ0n) is 8.89. The number of aromatic nitrogens is 3. The van der Waals surface area contributed by atoms with Crippen LogP contribution >= 0.6 is 0 Å². The number of H-pyrrole nitrogens is 1. The van der Waals surface area contributed by atoms with Crippen LogP contribution in [0.5, 0.6) is 0 Å². The Morgan fingerprint density at radius 3 is 2.81 bits per heavy atom. The number of fused-ring (bicyclic) bond motifs is 1. The summed E-state index contributed by atoms with van der Waals surface area (Å²) in [6.07, 6.45) is 1.62. The summed E-state index contributed by atoms with van der Waals surface area (Å²) in [5.74, 6) is -1.13. The summed E-state index contributed by atoms with van der Waals surface area (Å²) in [4.78, 5) is 24.7. The van der Waals surface area contributed by atoms with Crippen LogP contribution in [-0.4, -0.2) is 25.8 Å². The molecule has 2 N–H and O–H groups in total. The van der Waals surface area contributed by atoms with Gasteiger partial charge in [-0.15, -0.1) is 0 Å². The Hall–Kier alpha value is -2.11. The minimum Gasteiger partial charge on any atom is -0.478 e. The van der Waals surface area contributed by atoms with Crippen molar-refractivity contribution >= 4 is 17.0 Å². The van der Waals surface area contributed by atoms with E-state index < -0.39 is 11.5 Å². The number of rotatable bonds is 2. The van der Waals surface area contributed by atoms with Crippen molar-refractivity contribution in [2.45, 2.75) is 19.9 Å². The minimum atomic E-state index is -1.13. The number of pyridine rings is 1. The predicted octanol–water partition coefficient (Wildman–Crippen LogP) is 1.00. The highest BCUT2D eigenvalue weighted by Gasteiger charge is 2.14. The first kappa shape index (κ1) is 10.4. The predicted molar refractivity (Wildman–Crippen MR) is 57.7 cm³/mol. The molecule has 0 aliphatic carbocycles. The lowest BCUT2D eigenvalue weighted by atomic mass is 10.2. The Kier molecular flexibility index (Phi) is 2.26. The molecule has 0 saturated carbocycles. The molecular weight excluding hydrogens is 210 g/mol. The van der Waals surface area contributed by atoms with E-state index in [4.69, 9.17) is 5.11 Å². The summed E-state index contributed by atoms with van der Waals surface area (Å²) in [7, 11) is 0. The van der Waals surface area contributed by atoms with Gasteiger partial charge in [0.1, 0.15) is 0 Å². The topological polar surface area (TPSA) is 88.0 Å². The lowest BCUT2D eigenvalue weighted by Gasteiger charge is -2.01. The maximum Gasteiger partial charge on any atom is 0.336 e. The van der Waals surface area contributed by atoms with E-state index in [0.29, 0.717) is 11.0 Å². The minimum absolute atomic E-state index is 0.0225. The molecule has 0 aromatic carbocycles. The summed E-state index contributed by atoms with van der Waals surface area (Å²) >= 11 is 0. The first-order valence-corrected chi connectivity index (χ1v) is 4.84. The molecule has 0 aliphatic heterocycles. The highest BCUT2D eigenvalue weighted by Crippen LogP contribution is 2.16. The Balaban J connectivity index is 2.80. The number of carbonyl (C=O) groups is 1. The zero-order valence-corrected chi connectivity index (χ0v) is 8.89. The summed E-state index contributed by atoms with van der Waals surface area (Å²) in [5, 5.41) is 13.5. The zero-order chi connectivity index (χ0) is 11.9. The fourth-order valence-corrected chi connectivity index (χ4v) is 1.48. The fourth-order valence-electron chi connectivity index (χ4n) is 1.48. The van der Waals surface area contributed by atoms with Gasteiger partial charge in [-0.3, -0.25) is 9.48 Å². The summed E-state index contributed by atoms with van der Waals surface area (Å²) < 4.78 is 1.62. The molecule has 0 bridgehead atoms. The highest BCUT2D eigenvalue weighted by atomic mass is 16.4. The van der Waals surface area contributed by atoms with Gasteiger partial charge in [0.15, 0.2) is 5.65 Å². The number of hydrogen-bond acceptors (Lipinski definition) is 3. The van der Waals surface area contributed by atoms with E-state index in [1.165, 1.54) is 0 Å². The molecule has 0 saturated heterocycles. The summed E-state index contributed by atoms with van der Waals surface area (Å²) in [6, 6.07) is 1.18. The Morgan fingerprint density at radius 1 is 1.56 bits per heavy atom. The molecular formula is C10H11N3O3. The van der Waals surface area contributed by atoms with Crippen molar-refractivity contribution < 1.29 is 9.90 Å². The number of hydrogen-bond donors (Lipinski definition) is 2. The van der Waals surface area contributed by atoms with E-state index in [0.717, 1.165) is 6.07 Å². The number of carboxylic acids is 1. The van der Waals surface area contributed by atoms with Gasteiger partial charge in [-0.2, -0.15) is 5.10 Å². The Morgan fingerprint density at radius 2 is 2.25 bits per heavy atom. The van der Waals surface area contributed by atoms with Gasteiger partial charge in [0.2, 0.25) is 5.56 Å². The number of nitrogens with zero attached hydrogens (tertiary/aromatic N) is 2. The molecule has 0 spiro atoms. The van der Waals surface area contributed by atoms with Gasteiger partial charge >= 0.3 is 5.97 Å². The van der Waals surface area contributed by atoms with Crippen LogP contribution in [0.3, 0.4) is 0 Å². The van der Waals surface area contributed by atoms with Crippen LogP contribution in [0, 0.1) is 0 Å². The van der Waals surface area contributed by atoms with E-state index in [-0.39, 0.29) is 11.6 Å². The van der Waals surface area contributed by atoms with Gasteiger partial charge < -0.3 is 10.1 Å².